The molecule has 0 bridgehead atoms. The SMILES string of the molecule is O=C(O)CCCCCCCNC(=O)C1(CS)CCc2ccccc2C1. The molecule has 2 N–H and O–H groups in total. The Kier molecular flexibility index (Phi) is 7.82. The minimum absolute atomic E-state index is 0.128. The zero-order valence-electron chi connectivity index (χ0n) is 14.8. The fourth-order valence-corrected chi connectivity index (χ4v) is 3.94. The Morgan fingerprint density at radius 1 is 1.08 bits per heavy atom. The van der Waals surface area contributed by atoms with Crippen LogP contribution in [0.5, 0.6) is 0 Å². The van der Waals surface area contributed by atoms with E-state index < -0.39 is 5.97 Å². The van der Waals surface area contributed by atoms with Crippen molar-refractivity contribution in [2.75, 3.05) is 12.3 Å². The molecule has 1 unspecified atom stereocenters. The minimum atomic E-state index is -0.724. The maximum atomic E-state index is 12.7. The van der Waals surface area contributed by atoms with Crippen LogP contribution in [0, 0.1) is 5.41 Å². The van der Waals surface area contributed by atoms with Gasteiger partial charge in [0.05, 0.1) is 5.41 Å². The summed E-state index contributed by atoms with van der Waals surface area (Å²) in [7, 11) is 0. The average Bonchev–Trinajstić information content (AvgIpc) is 2.62. The number of carboxylic acids is 1. The molecule has 0 aliphatic heterocycles. The summed E-state index contributed by atoms with van der Waals surface area (Å²) in [6, 6.07) is 8.37. The quantitative estimate of drug-likeness (QED) is 0.439. The molecular weight excluding hydrogens is 334 g/mol. The highest BCUT2D eigenvalue weighted by Crippen LogP contribution is 2.36. The van der Waals surface area contributed by atoms with Crippen molar-refractivity contribution in [3.05, 3.63) is 35.4 Å². The number of aryl methyl sites for hydroxylation is 1. The van der Waals surface area contributed by atoms with Crippen molar-refractivity contribution in [2.45, 2.75) is 57.8 Å². The Morgan fingerprint density at radius 2 is 1.76 bits per heavy atom. The largest absolute Gasteiger partial charge is 0.481 e. The summed E-state index contributed by atoms with van der Waals surface area (Å²) in [6.07, 6.45) is 7.49. The van der Waals surface area contributed by atoms with Gasteiger partial charge in [0, 0.05) is 18.7 Å². The second-order valence-electron chi connectivity index (χ2n) is 7.05. The van der Waals surface area contributed by atoms with Gasteiger partial charge in [0.25, 0.3) is 0 Å². The maximum absolute atomic E-state index is 12.7. The van der Waals surface area contributed by atoms with Gasteiger partial charge >= 0.3 is 5.97 Å². The van der Waals surface area contributed by atoms with Gasteiger partial charge in [-0.1, -0.05) is 43.5 Å². The standard InChI is InChI=1S/C20H29NO3S/c22-18(23)10-4-2-1-3-7-13-21-19(24)20(15-25)12-11-16-8-5-6-9-17(16)14-20/h5-6,8-9,25H,1-4,7,10-15H2,(H,21,24)(H,22,23). The summed E-state index contributed by atoms with van der Waals surface area (Å²) in [5.41, 5.74) is 2.24. The van der Waals surface area contributed by atoms with E-state index in [9.17, 15) is 9.59 Å². The molecular formula is C20H29NO3S. The van der Waals surface area contributed by atoms with E-state index in [1.54, 1.807) is 0 Å². The number of carbonyl (C=O) groups is 2. The van der Waals surface area contributed by atoms with Gasteiger partial charge < -0.3 is 10.4 Å². The molecule has 5 heteroatoms. The zero-order valence-corrected chi connectivity index (χ0v) is 15.7. The number of benzene rings is 1. The highest BCUT2D eigenvalue weighted by Gasteiger charge is 2.39. The fourth-order valence-electron chi connectivity index (χ4n) is 3.52. The zero-order chi connectivity index (χ0) is 18.1. The molecule has 0 saturated heterocycles. The van der Waals surface area contributed by atoms with Gasteiger partial charge in [-0.2, -0.15) is 12.6 Å². The van der Waals surface area contributed by atoms with Gasteiger partial charge in [0.15, 0.2) is 0 Å². The van der Waals surface area contributed by atoms with Crippen LogP contribution in [0.15, 0.2) is 24.3 Å². The molecule has 0 aromatic heterocycles. The maximum Gasteiger partial charge on any atom is 0.303 e. The Morgan fingerprint density at radius 3 is 2.48 bits per heavy atom. The number of carboxylic acid groups (broad SMARTS) is 1. The van der Waals surface area contributed by atoms with E-state index in [0.29, 0.717) is 12.3 Å². The van der Waals surface area contributed by atoms with E-state index >= 15 is 0 Å². The number of unbranched alkanes of at least 4 members (excludes halogenated alkanes) is 4. The lowest BCUT2D eigenvalue weighted by molar-refractivity contribution is -0.137. The highest BCUT2D eigenvalue weighted by molar-refractivity contribution is 7.80. The van der Waals surface area contributed by atoms with Crippen LogP contribution in [0.3, 0.4) is 0 Å². The lowest BCUT2D eigenvalue weighted by atomic mass is 9.72. The van der Waals surface area contributed by atoms with Gasteiger partial charge in [0.1, 0.15) is 0 Å². The molecule has 0 heterocycles. The first kappa shape index (κ1) is 19.8. The number of hydrogen-bond acceptors (Lipinski definition) is 3. The Balaban J connectivity index is 1.71. The number of aliphatic carboxylic acids is 1. The predicted octanol–water partition coefficient (Wildman–Crippen LogP) is 3.63. The Labute approximate surface area is 155 Å². The summed E-state index contributed by atoms with van der Waals surface area (Å²) in [4.78, 5) is 23.2. The van der Waals surface area contributed by atoms with E-state index in [1.165, 1.54) is 11.1 Å². The normalized spacial score (nSPS) is 19.2. The number of hydrogen-bond donors (Lipinski definition) is 3. The summed E-state index contributed by atoms with van der Waals surface area (Å²) >= 11 is 4.49. The van der Waals surface area contributed by atoms with E-state index in [4.69, 9.17) is 5.11 Å². The summed E-state index contributed by atoms with van der Waals surface area (Å²) in [5.74, 6) is -0.0243. The van der Waals surface area contributed by atoms with Crippen LogP contribution in [-0.4, -0.2) is 29.3 Å². The summed E-state index contributed by atoms with van der Waals surface area (Å²) < 4.78 is 0. The van der Waals surface area contributed by atoms with Crippen molar-refractivity contribution < 1.29 is 14.7 Å². The number of carbonyl (C=O) groups excluding carboxylic acids is 1. The van der Waals surface area contributed by atoms with Crippen LogP contribution in [0.25, 0.3) is 0 Å². The van der Waals surface area contributed by atoms with Crippen LogP contribution in [0.2, 0.25) is 0 Å². The molecule has 2 rings (SSSR count). The molecule has 1 aliphatic rings. The molecule has 0 radical (unpaired) electrons. The molecule has 25 heavy (non-hydrogen) atoms. The summed E-state index contributed by atoms with van der Waals surface area (Å²) in [6.45, 7) is 0.689. The van der Waals surface area contributed by atoms with E-state index in [2.05, 4.69) is 36.1 Å². The van der Waals surface area contributed by atoms with E-state index in [-0.39, 0.29) is 17.7 Å². The highest BCUT2D eigenvalue weighted by atomic mass is 32.1. The molecule has 0 saturated carbocycles. The van der Waals surface area contributed by atoms with Crippen molar-refractivity contribution in [3.63, 3.8) is 0 Å². The first-order valence-corrected chi connectivity index (χ1v) is 9.88. The third-order valence-electron chi connectivity index (χ3n) is 5.16. The van der Waals surface area contributed by atoms with E-state index in [1.807, 2.05) is 6.07 Å². The molecule has 1 amide bonds. The van der Waals surface area contributed by atoms with Gasteiger partial charge in [-0.05, 0) is 43.2 Å². The van der Waals surface area contributed by atoms with Crippen LogP contribution in [0.1, 0.15) is 56.1 Å². The van der Waals surface area contributed by atoms with Crippen LogP contribution in [-0.2, 0) is 22.4 Å². The predicted molar refractivity (Wildman–Crippen MR) is 103 cm³/mol. The summed E-state index contributed by atoms with van der Waals surface area (Å²) in [5, 5.41) is 11.7. The lowest BCUT2D eigenvalue weighted by Gasteiger charge is -2.35. The number of thiol groups is 1. The Bertz CT molecular complexity index is 590. The molecule has 0 spiro atoms. The first-order valence-electron chi connectivity index (χ1n) is 9.25. The molecule has 138 valence electrons. The van der Waals surface area contributed by atoms with Crippen molar-refractivity contribution in [1.29, 1.82) is 0 Å². The van der Waals surface area contributed by atoms with Crippen LogP contribution < -0.4 is 5.32 Å². The molecule has 1 aromatic carbocycles. The average molecular weight is 364 g/mol. The molecule has 0 fully saturated rings. The number of amides is 1. The second kappa shape index (κ2) is 9.85. The fraction of sp³-hybridized carbons (Fsp3) is 0.600. The van der Waals surface area contributed by atoms with Crippen LogP contribution >= 0.6 is 12.6 Å². The smallest absolute Gasteiger partial charge is 0.303 e. The van der Waals surface area contributed by atoms with Gasteiger partial charge in [-0.15, -0.1) is 0 Å². The number of fused-ring (bicyclic) bond motifs is 1. The van der Waals surface area contributed by atoms with Crippen molar-refractivity contribution in [1.82, 2.24) is 5.32 Å². The number of nitrogens with one attached hydrogen (secondary N) is 1. The third-order valence-corrected chi connectivity index (χ3v) is 5.76. The Hall–Kier alpha value is -1.49. The van der Waals surface area contributed by atoms with Gasteiger partial charge in [-0.25, -0.2) is 0 Å². The first-order chi connectivity index (χ1) is 12.1. The molecule has 4 nitrogen and oxygen atoms in total. The van der Waals surface area contributed by atoms with E-state index in [0.717, 1.165) is 51.4 Å². The van der Waals surface area contributed by atoms with Crippen molar-refractivity contribution >= 4 is 24.5 Å². The van der Waals surface area contributed by atoms with Crippen LogP contribution in [0.4, 0.5) is 0 Å². The van der Waals surface area contributed by atoms with Crippen molar-refractivity contribution in [2.24, 2.45) is 5.41 Å². The molecule has 1 aromatic rings. The van der Waals surface area contributed by atoms with Gasteiger partial charge in [-0.3, -0.25) is 9.59 Å². The molecule has 1 atom stereocenters. The minimum Gasteiger partial charge on any atom is -0.481 e. The molecule has 1 aliphatic carbocycles. The van der Waals surface area contributed by atoms with Crippen molar-refractivity contribution in [3.8, 4) is 0 Å². The van der Waals surface area contributed by atoms with Gasteiger partial charge in [0.2, 0.25) is 5.91 Å². The monoisotopic (exact) mass is 363 g/mol. The second-order valence-corrected chi connectivity index (χ2v) is 7.37. The number of rotatable bonds is 10. The third kappa shape index (κ3) is 5.77. The topological polar surface area (TPSA) is 66.4 Å². The lowest BCUT2D eigenvalue weighted by Crippen LogP contribution is -2.46.